The van der Waals surface area contributed by atoms with Crippen molar-refractivity contribution < 1.29 is 19.3 Å². The van der Waals surface area contributed by atoms with Gasteiger partial charge in [0.1, 0.15) is 6.10 Å². The fraction of sp³-hybridized carbons (Fsp3) is 1.00. The van der Waals surface area contributed by atoms with Crippen molar-refractivity contribution in [2.24, 2.45) is 0 Å². The molecule has 0 aliphatic carbocycles. The maximum absolute atomic E-state index is 10.1. The third-order valence-electron chi connectivity index (χ3n) is 9.04. The molecule has 0 amide bonds. The Bertz CT molecular complexity index is 728. The molecule has 3 heterocycles. The monoisotopic (exact) mass is 721 g/mol. The predicted molar refractivity (Wildman–Crippen MR) is 212 cm³/mol. The van der Waals surface area contributed by atoms with Crippen molar-refractivity contribution in [3.8, 4) is 0 Å². The van der Waals surface area contributed by atoms with Gasteiger partial charge in [-0.15, -0.1) is 0 Å². The Morgan fingerprint density at radius 2 is 1.09 bits per heavy atom. The Kier molecular flexibility index (Phi) is 23.1. The van der Waals surface area contributed by atoms with Crippen molar-refractivity contribution in [3.05, 3.63) is 0 Å². The van der Waals surface area contributed by atoms with Gasteiger partial charge in [-0.3, -0.25) is 4.90 Å². The Morgan fingerprint density at radius 3 is 1.50 bits per heavy atom. The molecular weight excluding hydrogens is 641 g/mol. The highest BCUT2D eigenvalue weighted by Crippen LogP contribution is 2.25. The van der Waals surface area contributed by atoms with E-state index in [1.807, 2.05) is 0 Å². The van der Waals surface area contributed by atoms with Gasteiger partial charge in [0.2, 0.25) is 0 Å². The largest absolute Gasteiger partial charge is 0.389 e. The summed E-state index contributed by atoms with van der Waals surface area (Å²) in [4.78, 5) is 2.32. The topological polar surface area (TPSA) is 90.5 Å². The lowest BCUT2D eigenvalue weighted by molar-refractivity contribution is 0.0150. The van der Waals surface area contributed by atoms with Gasteiger partial charge in [-0.25, -0.2) is 0 Å². The van der Waals surface area contributed by atoms with E-state index in [9.17, 15) is 5.11 Å². The molecule has 276 valence electrons. The zero-order valence-corrected chi connectivity index (χ0v) is 36.3. The summed E-state index contributed by atoms with van der Waals surface area (Å²) >= 11 is 0. The van der Waals surface area contributed by atoms with Crippen molar-refractivity contribution in [2.45, 2.75) is 127 Å². The Balaban J connectivity index is 0.000000399. The van der Waals surface area contributed by atoms with Gasteiger partial charge in [-0.1, -0.05) is 102 Å². The number of aliphatic hydroxyl groups excluding tert-OH is 1. The summed E-state index contributed by atoms with van der Waals surface area (Å²) in [5.74, 6) is 0. The molecule has 3 aliphatic rings. The van der Waals surface area contributed by atoms with E-state index >= 15 is 0 Å². The summed E-state index contributed by atoms with van der Waals surface area (Å²) in [7, 11) is -3.74. The summed E-state index contributed by atoms with van der Waals surface area (Å²) in [5, 5.41) is 19.8. The fourth-order valence-corrected chi connectivity index (χ4v) is 19.5. The van der Waals surface area contributed by atoms with Crippen LogP contribution in [0.3, 0.4) is 0 Å². The number of β-amino-alcohol motifs (C(OH)–C–C–N with tert-alkyl or cyclic N) is 1. The third-order valence-corrected chi connectivity index (χ3v) is 20.2. The summed E-state index contributed by atoms with van der Waals surface area (Å²) in [5.41, 5.74) is 0. The number of nitrogens with zero attached hydrogens (tertiary/aromatic N) is 1. The number of epoxide rings is 1. The normalized spacial score (nSPS) is 20.3. The quantitative estimate of drug-likeness (QED) is 0.0722. The van der Waals surface area contributed by atoms with Gasteiger partial charge in [0, 0.05) is 104 Å². The molecule has 0 radical (unpaired) electrons. The number of nitrogens with one attached hydrogen (secondary N) is 3. The zero-order valence-electron chi connectivity index (χ0n) is 32.3. The van der Waals surface area contributed by atoms with Crippen LogP contribution in [0.2, 0.25) is 102 Å². The van der Waals surface area contributed by atoms with Crippen LogP contribution in [0.1, 0.15) is 12.8 Å². The minimum Gasteiger partial charge on any atom is -0.389 e. The Labute approximate surface area is 290 Å². The molecule has 12 heteroatoms. The molecule has 2 unspecified atom stereocenters. The first-order valence-electron chi connectivity index (χ1n) is 18.8. The van der Waals surface area contributed by atoms with Crippen LogP contribution in [0.15, 0.2) is 0 Å². The first kappa shape index (κ1) is 44.6. The molecule has 0 spiro atoms. The van der Waals surface area contributed by atoms with E-state index in [1.54, 1.807) is 0 Å². The standard InChI is InChI=1S/C17H40N2O2Si2.C13H30O2Si2.C4H10N2/c1-22(2,3)13-14-23(4,5)12-6-11-21-16-17(20)15-19-9-7-18-8-10-19;1-16(2,3)9-10-17(4,5)8-6-7-14-11-13-12-15-13;1-2-6-4-3-5-1/h17-18,20H,6-16H2,1-5H3;13H,6-12H2,1-5H3;5-6H,1-4H2. The van der Waals surface area contributed by atoms with Crippen molar-refractivity contribution in [3.63, 3.8) is 0 Å². The summed E-state index contributed by atoms with van der Waals surface area (Å²) in [6.07, 6.45) is 2.49. The van der Waals surface area contributed by atoms with E-state index in [1.165, 1.54) is 42.7 Å². The number of hydrogen-bond acceptors (Lipinski definition) is 8. The zero-order chi connectivity index (χ0) is 34.5. The van der Waals surface area contributed by atoms with E-state index in [0.717, 1.165) is 91.8 Å². The lowest BCUT2D eigenvalue weighted by Crippen LogP contribution is -2.47. The van der Waals surface area contributed by atoms with Gasteiger partial charge in [-0.2, -0.15) is 0 Å². The van der Waals surface area contributed by atoms with Crippen LogP contribution in [0.25, 0.3) is 0 Å². The van der Waals surface area contributed by atoms with Crippen molar-refractivity contribution in [1.29, 1.82) is 0 Å². The average Bonchev–Trinajstić information content (AvgIpc) is 3.81. The van der Waals surface area contributed by atoms with Crippen molar-refractivity contribution in [2.75, 3.05) is 91.9 Å². The lowest BCUT2D eigenvalue weighted by Gasteiger charge is -2.29. The summed E-state index contributed by atoms with van der Waals surface area (Å²) < 4.78 is 16.4. The maximum Gasteiger partial charge on any atom is 0.104 e. The highest BCUT2D eigenvalue weighted by Gasteiger charge is 2.26. The average molecular weight is 721 g/mol. The minimum atomic E-state index is -1.05. The highest BCUT2D eigenvalue weighted by molar-refractivity contribution is 6.82. The van der Waals surface area contributed by atoms with E-state index in [2.05, 4.69) is 86.3 Å². The molecule has 8 nitrogen and oxygen atoms in total. The van der Waals surface area contributed by atoms with Crippen LogP contribution < -0.4 is 16.0 Å². The van der Waals surface area contributed by atoms with Gasteiger partial charge in [0.25, 0.3) is 0 Å². The molecule has 3 aliphatic heterocycles. The van der Waals surface area contributed by atoms with Crippen LogP contribution in [0, 0.1) is 0 Å². The number of ether oxygens (including phenoxy) is 3. The first-order chi connectivity index (χ1) is 21.5. The second-order valence-electron chi connectivity index (χ2n) is 18.0. The van der Waals surface area contributed by atoms with Gasteiger partial charge in [0.05, 0.1) is 25.9 Å². The molecule has 3 rings (SSSR count). The van der Waals surface area contributed by atoms with Crippen LogP contribution in [-0.2, 0) is 14.2 Å². The van der Waals surface area contributed by atoms with Crippen LogP contribution in [0.5, 0.6) is 0 Å². The van der Waals surface area contributed by atoms with E-state index in [4.69, 9.17) is 14.2 Å². The van der Waals surface area contributed by atoms with Gasteiger partial charge in [-0.05, 0) is 12.8 Å². The Morgan fingerprint density at radius 1 is 0.652 bits per heavy atom. The number of rotatable bonds is 20. The molecule has 2 atom stereocenters. The van der Waals surface area contributed by atoms with Crippen LogP contribution in [0.4, 0.5) is 0 Å². The van der Waals surface area contributed by atoms with E-state index in [0.29, 0.717) is 12.7 Å². The van der Waals surface area contributed by atoms with E-state index < -0.39 is 32.3 Å². The molecule has 0 bridgehead atoms. The SMILES string of the molecule is C1CNCCN1.C[Si](C)(C)CC[Si](C)(C)CCCOCC(O)CN1CCNCC1.C[Si](C)(C)CC[Si](C)(C)CCCOCC1CO1. The molecule has 3 saturated heterocycles. The molecule has 0 saturated carbocycles. The summed E-state index contributed by atoms with van der Waals surface area (Å²) in [6, 6.07) is 8.72. The fourth-order valence-electron chi connectivity index (χ4n) is 5.43. The predicted octanol–water partition coefficient (Wildman–Crippen LogP) is 5.72. The van der Waals surface area contributed by atoms with Crippen LogP contribution in [-0.4, -0.2) is 146 Å². The first-order valence-corrected chi connectivity index (χ1v) is 33.0. The van der Waals surface area contributed by atoms with Gasteiger partial charge >= 0.3 is 0 Å². The smallest absolute Gasteiger partial charge is 0.104 e. The third kappa shape index (κ3) is 29.5. The minimum absolute atomic E-state index is 0.342. The van der Waals surface area contributed by atoms with Crippen molar-refractivity contribution >= 4 is 32.3 Å². The molecule has 4 N–H and O–H groups in total. The summed E-state index contributed by atoms with van der Waals surface area (Å²) in [6.45, 7) is 38.4. The molecule has 0 aromatic heterocycles. The van der Waals surface area contributed by atoms with E-state index in [-0.39, 0.29) is 6.10 Å². The molecule has 0 aromatic rings. The Hall–Kier alpha value is 0.548. The van der Waals surface area contributed by atoms with Crippen LogP contribution >= 0.6 is 0 Å². The number of aliphatic hydroxyl groups is 1. The van der Waals surface area contributed by atoms with Gasteiger partial charge < -0.3 is 35.3 Å². The molecule has 3 fully saturated rings. The number of piperazine rings is 2. The highest BCUT2D eigenvalue weighted by atomic mass is 28.3. The molecular formula is C34H80N4O4Si4. The maximum atomic E-state index is 10.1. The number of hydrogen-bond donors (Lipinski definition) is 4. The second kappa shape index (κ2) is 23.9. The molecule has 46 heavy (non-hydrogen) atoms. The molecule has 0 aromatic carbocycles. The lowest BCUT2D eigenvalue weighted by atomic mass is 10.3. The van der Waals surface area contributed by atoms with Crippen molar-refractivity contribution in [1.82, 2.24) is 20.9 Å². The second-order valence-corrected chi connectivity index (χ2v) is 39.9. The van der Waals surface area contributed by atoms with Gasteiger partial charge in [0.15, 0.2) is 0 Å².